The van der Waals surface area contributed by atoms with Crippen molar-refractivity contribution in [2.45, 2.75) is 39.8 Å². The van der Waals surface area contributed by atoms with Crippen LogP contribution in [0, 0.1) is 13.8 Å². The van der Waals surface area contributed by atoms with Gasteiger partial charge in [-0.25, -0.2) is 4.98 Å². The van der Waals surface area contributed by atoms with Gasteiger partial charge in [-0.1, -0.05) is 0 Å². The van der Waals surface area contributed by atoms with Crippen molar-refractivity contribution in [1.29, 1.82) is 0 Å². The molecule has 7 nitrogen and oxygen atoms in total. The number of aliphatic imine (C=N–C) groups is 1. The van der Waals surface area contributed by atoms with Crippen LogP contribution in [0.4, 0.5) is 0 Å². The molecule has 22 heavy (non-hydrogen) atoms. The minimum absolute atomic E-state index is 0.762. The molecule has 2 aromatic heterocycles. The van der Waals surface area contributed by atoms with E-state index in [-0.39, 0.29) is 0 Å². The second-order valence-electron chi connectivity index (χ2n) is 5.00. The van der Waals surface area contributed by atoms with Crippen molar-refractivity contribution < 1.29 is 0 Å². The molecular weight excluding hydrogens is 298 g/mol. The first-order chi connectivity index (χ1) is 10.7. The molecule has 0 aromatic carbocycles. The molecule has 0 aliphatic carbocycles. The second kappa shape index (κ2) is 8.47. The Morgan fingerprint density at radius 2 is 2.00 bits per heavy atom. The third-order valence-corrected chi connectivity index (χ3v) is 4.31. The van der Waals surface area contributed by atoms with Crippen LogP contribution in [0.3, 0.4) is 0 Å². The minimum Gasteiger partial charge on any atom is -0.356 e. The number of nitrogens with one attached hydrogen (secondary N) is 2. The van der Waals surface area contributed by atoms with Crippen molar-refractivity contribution in [3.05, 3.63) is 28.2 Å². The molecule has 0 saturated carbocycles. The van der Waals surface area contributed by atoms with Gasteiger partial charge in [-0.2, -0.15) is 0 Å². The van der Waals surface area contributed by atoms with E-state index < -0.39 is 0 Å². The van der Waals surface area contributed by atoms with Gasteiger partial charge in [0.2, 0.25) is 0 Å². The first kappa shape index (κ1) is 16.4. The van der Waals surface area contributed by atoms with Crippen molar-refractivity contribution >= 4 is 17.3 Å². The minimum atomic E-state index is 0.762. The summed E-state index contributed by atoms with van der Waals surface area (Å²) in [4.78, 5) is 9.93. The normalized spacial score (nSPS) is 11.7. The Kier molecular flexibility index (Phi) is 6.32. The van der Waals surface area contributed by atoms with E-state index in [4.69, 9.17) is 0 Å². The van der Waals surface area contributed by atoms with E-state index in [1.54, 1.807) is 31.0 Å². The number of unbranched alkanes of at least 4 members (excludes halogenated alkanes) is 1. The maximum Gasteiger partial charge on any atom is 0.191 e. The fourth-order valence-corrected chi connectivity index (χ4v) is 2.96. The average molecular weight is 321 g/mol. The molecule has 0 aliphatic rings. The van der Waals surface area contributed by atoms with Crippen molar-refractivity contribution in [3.8, 4) is 0 Å². The molecular formula is C14H23N7S. The predicted octanol–water partition coefficient (Wildman–Crippen LogP) is 1.50. The van der Waals surface area contributed by atoms with Crippen molar-refractivity contribution in [2.75, 3.05) is 13.6 Å². The van der Waals surface area contributed by atoms with Gasteiger partial charge in [0.25, 0.3) is 0 Å². The molecule has 0 atom stereocenters. The molecule has 0 unspecified atom stereocenters. The van der Waals surface area contributed by atoms with Crippen LogP contribution in [0.25, 0.3) is 0 Å². The molecule has 0 spiro atoms. The van der Waals surface area contributed by atoms with Gasteiger partial charge in [0.05, 0.1) is 17.2 Å². The van der Waals surface area contributed by atoms with Gasteiger partial charge in [-0.15, -0.1) is 21.5 Å². The summed E-state index contributed by atoms with van der Waals surface area (Å²) >= 11 is 1.73. The quantitative estimate of drug-likeness (QED) is 0.459. The third kappa shape index (κ3) is 5.10. The Hall–Kier alpha value is -1.96. The van der Waals surface area contributed by atoms with Gasteiger partial charge in [-0.3, -0.25) is 4.99 Å². The lowest BCUT2D eigenvalue weighted by Gasteiger charge is -2.11. The van der Waals surface area contributed by atoms with Crippen LogP contribution in [0.5, 0.6) is 0 Å². The molecule has 120 valence electrons. The zero-order chi connectivity index (χ0) is 15.8. The molecule has 2 heterocycles. The zero-order valence-corrected chi connectivity index (χ0v) is 14.2. The van der Waals surface area contributed by atoms with Crippen molar-refractivity contribution in [2.24, 2.45) is 4.99 Å². The molecule has 2 N–H and O–H groups in total. The molecule has 0 bridgehead atoms. The van der Waals surface area contributed by atoms with E-state index in [1.807, 2.05) is 18.4 Å². The van der Waals surface area contributed by atoms with Gasteiger partial charge < -0.3 is 15.2 Å². The lowest BCUT2D eigenvalue weighted by atomic mass is 10.3. The molecule has 0 radical (unpaired) electrons. The first-order valence-electron chi connectivity index (χ1n) is 7.39. The van der Waals surface area contributed by atoms with Crippen molar-refractivity contribution in [1.82, 2.24) is 30.4 Å². The fourth-order valence-electron chi connectivity index (χ4n) is 2.09. The number of rotatable bonds is 7. The Morgan fingerprint density at radius 1 is 1.23 bits per heavy atom. The van der Waals surface area contributed by atoms with Crippen molar-refractivity contribution in [3.63, 3.8) is 0 Å². The number of guanidine groups is 1. The van der Waals surface area contributed by atoms with E-state index >= 15 is 0 Å². The predicted molar refractivity (Wildman–Crippen MR) is 89.0 cm³/mol. The SMILES string of the molecule is CN=C(NCCCCn1cnnc1)NCc1sc(C)nc1C. The smallest absolute Gasteiger partial charge is 0.191 e. The maximum absolute atomic E-state index is 4.43. The largest absolute Gasteiger partial charge is 0.356 e. The summed E-state index contributed by atoms with van der Waals surface area (Å²) in [6.45, 7) is 6.67. The highest BCUT2D eigenvalue weighted by Gasteiger charge is 2.05. The van der Waals surface area contributed by atoms with E-state index in [2.05, 4.69) is 30.8 Å². The molecule has 8 heteroatoms. The van der Waals surface area contributed by atoms with E-state index in [9.17, 15) is 0 Å². The van der Waals surface area contributed by atoms with Gasteiger partial charge in [0.1, 0.15) is 12.7 Å². The summed E-state index contributed by atoms with van der Waals surface area (Å²) in [5.74, 6) is 0.828. The Labute approximate surface area is 134 Å². The number of hydrogen-bond donors (Lipinski definition) is 2. The maximum atomic E-state index is 4.43. The topological polar surface area (TPSA) is 80.0 Å². The highest BCUT2D eigenvalue weighted by Crippen LogP contribution is 2.16. The van der Waals surface area contributed by atoms with Crippen LogP contribution in [0.15, 0.2) is 17.6 Å². The van der Waals surface area contributed by atoms with Gasteiger partial charge in [0, 0.05) is 25.0 Å². The summed E-state index contributed by atoms with van der Waals surface area (Å²) in [5, 5.41) is 15.3. The fraction of sp³-hybridized carbons (Fsp3) is 0.571. The molecule has 2 aromatic rings. The highest BCUT2D eigenvalue weighted by atomic mass is 32.1. The lowest BCUT2D eigenvalue weighted by molar-refractivity contribution is 0.598. The van der Waals surface area contributed by atoms with Gasteiger partial charge >= 0.3 is 0 Å². The molecule has 0 aliphatic heterocycles. The number of aromatic nitrogens is 4. The number of hydrogen-bond acceptors (Lipinski definition) is 5. The molecule has 0 amide bonds. The summed E-state index contributed by atoms with van der Waals surface area (Å²) in [6.07, 6.45) is 5.63. The van der Waals surface area contributed by atoms with Gasteiger partial charge in [0.15, 0.2) is 5.96 Å². The molecule has 0 fully saturated rings. The second-order valence-corrected chi connectivity index (χ2v) is 6.29. The summed E-state index contributed by atoms with van der Waals surface area (Å²) in [7, 11) is 1.79. The van der Waals surface area contributed by atoms with Gasteiger partial charge in [-0.05, 0) is 26.7 Å². The number of thiazole rings is 1. The summed E-state index contributed by atoms with van der Waals surface area (Å²) in [5.41, 5.74) is 1.10. The summed E-state index contributed by atoms with van der Waals surface area (Å²) in [6, 6.07) is 0. The Balaban J connectivity index is 1.64. The average Bonchev–Trinajstić information content (AvgIpc) is 3.11. The first-order valence-corrected chi connectivity index (χ1v) is 8.20. The van der Waals surface area contributed by atoms with Crippen LogP contribution >= 0.6 is 11.3 Å². The van der Waals surface area contributed by atoms with Crippen LogP contribution < -0.4 is 10.6 Å². The van der Waals surface area contributed by atoms with Crippen LogP contribution in [0.1, 0.15) is 28.4 Å². The Morgan fingerprint density at radius 3 is 2.64 bits per heavy atom. The lowest BCUT2D eigenvalue weighted by Crippen LogP contribution is -2.37. The standard InChI is InChI=1S/C14H23N7S/c1-11-13(22-12(2)20-11)8-17-14(15-3)16-6-4-5-7-21-9-18-19-10-21/h9-10H,4-8H2,1-3H3,(H2,15,16,17). The molecule has 0 saturated heterocycles. The highest BCUT2D eigenvalue weighted by molar-refractivity contribution is 7.11. The Bertz CT molecular complexity index is 588. The third-order valence-electron chi connectivity index (χ3n) is 3.24. The molecule has 2 rings (SSSR count). The number of nitrogens with zero attached hydrogens (tertiary/aromatic N) is 5. The zero-order valence-electron chi connectivity index (χ0n) is 13.3. The monoisotopic (exact) mass is 321 g/mol. The van der Waals surface area contributed by atoms with E-state index in [0.29, 0.717) is 0 Å². The number of aryl methyl sites for hydroxylation is 3. The van der Waals surface area contributed by atoms with E-state index in [1.165, 1.54) is 4.88 Å². The summed E-state index contributed by atoms with van der Waals surface area (Å²) < 4.78 is 1.99. The van der Waals surface area contributed by atoms with Crippen LogP contribution in [-0.4, -0.2) is 39.3 Å². The van der Waals surface area contributed by atoms with E-state index in [0.717, 1.165) is 49.1 Å². The van der Waals surface area contributed by atoms with Crippen LogP contribution in [-0.2, 0) is 13.1 Å². The van der Waals surface area contributed by atoms with Crippen LogP contribution in [0.2, 0.25) is 0 Å².